The van der Waals surface area contributed by atoms with Gasteiger partial charge < -0.3 is 4.90 Å². The third-order valence-electron chi connectivity index (χ3n) is 5.31. The molecule has 7 heteroatoms. The second kappa shape index (κ2) is 9.44. The van der Waals surface area contributed by atoms with Gasteiger partial charge in [-0.15, -0.1) is 0 Å². The number of thioether (sulfide) groups is 1. The van der Waals surface area contributed by atoms with Crippen molar-refractivity contribution < 1.29 is 13.2 Å². The van der Waals surface area contributed by atoms with Gasteiger partial charge >= 0.3 is 0 Å². The fourth-order valence-electron chi connectivity index (χ4n) is 3.76. The lowest BCUT2D eigenvalue weighted by atomic mass is 10.1. The molecular weight excluding hydrogens is 392 g/mol. The van der Waals surface area contributed by atoms with Crippen LogP contribution in [-0.2, 0) is 21.1 Å². The van der Waals surface area contributed by atoms with Gasteiger partial charge in [-0.2, -0.15) is 4.99 Å². The van der Waals surface area contributed by atoms with Crippen LogP contribution < -0.4 is 4.90 Å². The van der Waals surface area contributed by atoms with Gasteiger partial charge in [-0.1, -0.05) is 57.0 Å². The summed E-state index contributed by atoms with van der Waals surface area (Å²) in [5, 5.41) is 0.611. The minimum atomic E-state index is -3.04. The fourth-order valence-corrected chi connectivity index (χ4v) is 7.69. The molecule has 3 rings (SSSR count). The van der Waals surface area contributed by atoms with Crippen LogP contribution in [0.15, 0.2) is 29.3 Å². The van der Waals surface area contributed by atoms with Crippen LogP contribution in [0.4, 0.5) is 5.69 Å². The van der Waals surface area contributed by atoms with E-state index in [4.69, 9.17) is 0 Å². The SMILES string of the molecule is CCCCCC(=O)N=C1S[C@H]2CS(=O)(=O)C[C@H]2N1c1ccc(CCCC)cc1. The van der Waals surface area contributed by atoms with E-state index in [1.54, 1.807) is 0 Å². The number of hydrogen-bond donors (Lipinski definition) is 0. The molecule has 2 atom stereocenters. The molecule has 0 N–H and O–H groups in total. The highest BCUT2D eigenvalue weighted by Crippen LogP contribution is 2.41. The van der Waals surface area contributed by atoms with Crippen molar-refractivity contribution in [3.63, 3.8) is 0 Å². The number of carbonyl (C=O) groups is 1. The zero-order valence-corrected chi connectivity index (χ0v) is 18.4. The number of rotatable bonds is 8. The van der Waals surface area contributed by atoms with Crippen molar-refractivity contribution in [2.45, 2.75) is 70.1 Å². The maximum atomic E-state index is 12.3. The second-order valence-electron chi connectivity index (χ2n) is 7.69. The van der Waals surface area contributed by atoms with E-state index in [1.165, 1.54) is 17.3 Å². The number of benzene rings is 1. The average molecular weight is 423 g/mol. The van der Waals surface area contributed by atoms with E-state index in [2.05, 4.69) is 31.0 Å². The number of amides is 1. The highest BCUT2D eigenvalue weighted by Gasteiger charge is 2.49. The zero-order chi connectivity index (χ0) is 20.1. The molecule has 0 aromatic heterocycles. The summed E-state index contributed by atoms with van der Waals surface area (Å²) in [6, 6.07) is 8.14. The lowest BCUT2D eigenvalue weighted by molar-refractivity contribution is -0.117. The molecule has 0 aliphatic carbocycles. The van der Waals surface area contributed by atoms with Gasteiger partial charge in [0.15, 0.2) is 15.0 Å². The molecule has 0 radical (unpaired) electrons. The molecular formula is C21H30N2O3S2. The minimum Gasteiger partial charge on any atom is -0.316 e. The number of sulfone groups is 1. The predicted octanol–water partition coefficient (Wildman–Crippen LogP) is 4.21. The van der Waals surface area contributed by atoms with Crippen molar-refractivity contribution in [1.82, 2.24) is 0 Å². The van der Waals surface area contributed by atoms with Crippen LogP contribution in [0.2, 0.25) is 0 Å². The molecule has 2 aliphatic heterocycles. The lowest BCUT2D eigenvalue weighted by Gasteiger charge is -2.24. The normalized spacial score (nSPS) is 24.6. The number of fused-ring (bicyclic) bond motifs is 1. The first-order chi connectivity index (χ1) is 13.4. The topological polar surface area (TPSA) is 66.8 Å². The summed E-state index contributed by atoms with van der Waals surface area (Å²) >= 11 is 1.45. The number of hydrogen-bond acceptors (Lipinski definition) is 4. The molecule has 2 heterocycles. The highest BCUT2D eigenvalue weighted by molar-refractivity contribution is 8.16. The molecule has 2 saturated heterocycles. The number of aryl methyl sites for hydroxylation is 1. The van der Waals surface area contributed by atoms with Gasteiger partial charge in [0, 0.05) is 17.4 Å². The van der Waals surface area contributed by atoms with Crippen LogP contribution in [0.25, 0.3) is 0 Å². The first kappa shape index (κ1) is 21.4. The summed E-state index contributed by atoms with van der Waals surface area (Å²) in [4.78, 5) is 18.7. The maximum absolute atomic E-state index is 12.3. The Bertz CT molecular complexity index is 819. The van der Waals surface area contributed by atoms with Crippen molar-refractivity contribution >= 4 is 38.4 Å². The van der Waals surface area contributed by atoms with Crippen LogP contribution in [0.3, 0.4) is 0 Å². The molecule has 2 fully saturated rings. The molecule has 0 saturated carbocycles. The first-order valence-corrected chi connectivity index (χ1v) is 13.0. The van der Waals surface area contributed by atoms with Crippen LogP contribution in [0.1, 0.15) is 57.9 Å². The largest absolute Gasteiger partial charge is 0.316 e. The number of aliphatic imine (C=N–C) groups is 1. The Balaban J connectivity index is 1.82. The number of unbranched alkanes of at least 4 members (excludes halogenated alkanes) is 3. The van der Waals surface area contributed by atoms with Gasteiger partial charge in [0.1, 0.15) is 0 Å². The van der Waals surface area contributed by atoms with Crippen molar-refractivity contribution in [2.24, 2.45) is 4.99 Å². The lowest BCUT2D eigenvalue weighted by Crippen LogP contribution is -2.37. The van der Waals surface area contributed by atoms with Gasteiger partial charge in [-0.3, -0.25) is 4.79 Å². The Hall–Kier alpha value is -1.34. The molecule has 1 amide bonds. The van der Waals surface area contributed by atoms with E-state index < -0.39 is 9.84 Å². The first-order valence-electron chi connectivity index (χ1n) is 10.3. The summed E-state index contributed by atoms with van der Waals surface area (Å²) in [5.74, 6) is 0.185. The van der Waals surface area contributed by atoms with Gasteiger partial charge in [-0.05, 0) is 37.0 Å². The van der Waals surface area contributed by atoms with Gasteiger partial charge in [0.05, 0.1) is 17.5 Å². The summed E-state index contributed by atoms with van der Waals surface area (Å²) in [6.07, 6.45) is 6.75. The van der Waals surface area contributed by atoms with E-state index in [-0.39, 0.29) is 28.7 Å². The second-order valence-corrected chi connectivity index (χ2v) is 11.0. The summed E-state index contributed by atoms with van der Waals surface area (Å²) in [7, 11) is -3.04. The van der Waals surface area contributed by atoms with E-state index in [1.807, 2.05) is 17.0 Å². The molecule has 1 aromatic carbocycles. The van der Waals surface area contributed by atoms with Crippen LogP contribution in [0, 0.1) is 0 Å². The summed E-state index contributed by atoms with van der Waals surface area (Å²) in [5.41, 5.74) is 2.21. The maximum Gasteiger partial charge on any atom is 0.248 e. The fraction of sp³-hybridized carbons (Fsp3) is 0.619. The van der Waals surface area contributed by atoms with Crippen molar-refractivity contribution in [1.29, 1.82) is 0 Å². The minimum absolute atomic E-state index is 0.0491. The molecule has 0 unspecified atom stereocenters. The molecule has 28 heavy (non-hydrogen) atoms. The molecule has 0 spiro atoms. The third kappa shape index (κ3) is 5.17. The van der Waals surface area contributed by atoms with Gasteiger partial charge in [-0.25, -0.2) is 8.42 Å². The molecule has 0 bridgehead atoms. The number of nitrogens with zero attached hydrogens (tertiary/aromatic N) is 2. The number of amidine groups is 1. The Kier molecular flexibility index (Phi) is 7.20. The molecule has 5 nitrogen and oxygen atoms in total. The number of anilines is 1. The van der Waals surface area contributed by atoms with E-state index in [0.717, 1.165) is 44.2 Å². The summed E-state index contributed by atoms with van der Waals surface area (Å²) in [6.45, 7) is 4.29. The van der Waals surface area contributed by atoms with Gasteiger partial charge in [0.2, 0.25) is 5.91 Å². The third-order valence-corrected chi connectivity index (χ3v) is 8.52. The Morgan fingerprint density at radius 2 is 1.82 bits per heavy atom. The Morgan fingerprint density at radius 1 is 1.11 bits per heavy atom. The smallest absolute Gasteiger partial charge is 0.248 e. The average Bonchev–Trinajstić information content (AvgIpc) is 3.11. The standard InChI is InChI=1S/C21H30N2O3S2/c1-3-5-7-9-20(24)22-21-23(18-14-28(25,26)15-19(18)27-21)17-12-10-16(11-13-17)8-6-4-2/h10-13,18-19H,3-9,14-15H2,1-2H3/t18-,19+/m1/s1. The Labute approximate surface area is 172 Å². The van der Waals surface area contributed by atoms with Crippen molar-refractivity contribution in [3.8, 4) is 0 Å². The summed E-state index contributed by atoms with van der Waals surface area (Å²) < 4.78 is 24.3. The zero-order valence-electron chi connectivity index (χ0n) is 16.8. The van der Waals surface area contributed by atoms with Crippen LogP contribution in [-0.4, -0.2) is 42.3 Å². The monoisotopic (exact) mass is 422 g/mol. The van der Waals surface area contributed by atoms with Crippen molar-refractivity contribution in [2.75, 3.05) is 16.4 Å². The number of carbonyl (C=O) groups excluding carboxylic acids is 1. The van der Waals surface area contributed by atoms with E-state index in [9.17, 15) is 13.2 Å². The molecule has 2 aliphatic rings. The van der Waals surface area contributed by atoms with Crippen LogP contribution >= 0.6 is 11.8 Å². The van der Waals surface area contributed by atoms with E-state index in [0.29, 0.717) is 11.6 Å². The van der Waals surface area contributed by atoms with Crippen LogP contribution in [0.5, 0.6) is 0 Å². The predicted molar refractivity (Wildman–Crippen MR) is 118 cm³/mol. The molecule has 154 valence electrons. The highest BCUT2D eigenvalue weighted by atomic mass is 32.2. The van der Waals surface area contributed by atoms with Gasteiger partial charge in [0.25, 0.3) is 0 Å². The Morgan fingerprint density at radius 3 is 2.50 bits per heavy atom. The quantitative estimate of drug-likeness (QED) is 0.587. The van der Waals surface area contributed by atoms with E-state index >= 15 is 0 Å². The molecule has 1 aromatic rings. The van der Waals surface area contributed by atoms with Crippen molar-refractivity contribution in [3.05, 3.63) is 29.8 Å².